The van der Waals surface area contributed by atoms with E-state index in [-0.39, 0.29) is 10.9 Å². The summed E-state index contributed by atoms with van der Waals surface area (Å²) in [7, 11) is 0. The minimum atomic E-state index is -0.896. The summed E-state index contributed by atoms with van der Waals surface area (Å²) in [6.45, 7) is 1.57. The van der Waals surface area contributed by atoms with Crippen molar-refractivity contribution in [1.82, 2.24) is 0 Å². The number of aliphatic carboxylic acids is 1. The van der Waals surface area contributed by atoms with Crippen molar-refractivity contribution in [2.24, 2.45) is 11.7 Å². The van der Waals surface area contributed by atoms with E-state index in [2.05, 4.69) is 0 Å². The van der Waals surface area contributed by atoms with Crippen molar-refractivity contribution in [1.29, 1.82) is 0 Å². The zero-order valence-electron chi connectivity index (χ0n) is 10.2. The number of nitrogens with two attached hydrogens (primary N) is 1. The summed E-state index contributed by atoms with van der Waals surface area (Å²) in [5.41, 5.74) is 6.80. The van der Waals surface area contributed by atoms with Gasteiger partial charge in [0, 0.05) is 5.75 Å². The molecule has 0 aliphatic carbocycles. The number of hydrogen-bond acceptors (Lipinski definition) is 4. The SMILES string of the molecule is CC(CSC(=O)[C@H](N)Cc1ccccc1)C(=O)O. The van der Waals surface area contributed by atoms with Gasteiger partial charge in [-0.2, -0.15) is 0 Å². The standard InChI is InChI=1S/C13H17NO3S/c1-9(12(15)16)8-18-13(17)11(14)7-10-5-3-2-4-6-10/h2-6,9,11H,7-8,14H2,1H3,(H,15,16)/t9?,11-/m1/s1. The second kappa shape index (κ2) is 7.18. The zero-order chi connectivity index (χ0) is 13.5. The van der Waals surface area contributed by atoms with Gasteiger partial charge in [-0.1, -0.05) is 49.0 Å². The monoisotopic (exact) mass is 267 g/mol. The first kappa shape index (κ1) is 14.7. The van der Waals surface area contributed by atoms with Crippen LogP contribution in [0.15, 0.2) is 30.3 Å². The number of carboxylic acids is 1. The average Bonchev–Trinajstić information content (AvgIpc) is 2.36. The van der Waals surface area contributed by atoms with Crippen LogP contribution in [0.3, 0.4) is 0 Å². The number of benzene rings is 1. The number of thioether (sulfide) groups is 1. The summed E-state index contributed by atoms with van der Waals surface area (Å²) in [6, 6.07) is 8.94. The molecule has 1 rings (SSSR count). The highest BCUT2D eigenvalue weighted by Gasteiger charge is 2.18. The summed E-state index contributed by atoms with van der Waals surface area (Å²) in [5.74, 6) is -1.17. The third kappa shape index (κ3) is 4.89. The summed E-state index contributed by atoms with van der Waals surface area (Å²) >= 11 is 0.995. The molecule has 3 N–H and O–H groups in total. The van der Waals surface area contributed by atoms with Crippen molar-refractivity contribution < 1.29 is 14.7 Å². The Morgan fingerprint density at radius 2 is 1.94 bits per heavy atom. The normalized spacial score (nSPS) is 13.9. The molecule has 2 atom stereocenters. The molecular weight excluding hydrogens is 250 g/mol. The van der Waals surface area contributed by atoms with Crippen LogP contribution in [0.1, 0.15) is 12.5 Å². The van der Waals surface area contributed by atoms with Crippen molar-refractivity contribution in [3.8, 4) is 0 Å². The lowest BCUT2D eigenvalue weighted by Gasteiger charge is -2.11. The van der Waals surface area contributed by atoms with E-state index < -0.39 is 17.9 Å². The summed E-state index contributed by atoms with van der Waals surface area (Å²) < 4.78 is 0. The fourth-order valence-electron chi connectivity index (χ4n) is 1.34. The molecule has 1 unspecified atom stereocenters. The largest absolute Gasteiger partial charge is 0.481 e. The highest BCUT2D eigenvalue weighted by Crippen LogP contribution is 2.13. The van der Waals surface area contributed by atoms with Crippen LogP contribution in [-0.2, 0) is 16.0 Å². The third-order valence-corrected chi connectivity index (χ3v) is 3.75. The van der Waals surface area contributed by atoms with Gasteiger partial charge in [0.1, 0.15) is 0 Å². The van der Waals surface area contributed by atoms with Crippen LogP contribution in [0, 0.1) is 5.92 Å². The second-order valence-electron chi connectivity index (χ2n) is 4.17. The maximum Gasteiger partial charge on any atom is 0.307 e. The Morgan fingerprint density at radius 3 is 2.50 bits per heavy atom. The van der Waals surface area contributed by atoms with Crippen LogP contribution >= 0.6 is 11.8 Å². The van der Waals surface area contributed by atoms with Crippen molar-refractivity contribution in [3.05, 3.63) is 35.9 Å². The predicted molar refractivity (Wildman–Crippen MR) is 72.4 cm³/mol. The molecule has 0 bridgehead atoms. The van der Waals surface area contributed by atoms with Crippen LogP contribution in [-0.4, -0.2) is 28.0 Å². The van der Waals surface area contributed by atoms with E-state index in [9.17, 15) is 9.59 Å². The first-order valence-corrected chi connectivity index (χ1v) is 6.68. The second-order valence-corrected chi connectivity index (χ2v) is 5.19. The highest BCUT2D eigenvalue weighted by atomic mass is 32.2. The van der Waals surface area contributed by atoms with Gasteiger partial charge in [0.2, 0.25) is 5.12 Å². The quantitative estimate of drug-likeness (QED) is 0.817. The fourth-order valence-corrected chi connectivity index (χ4v) is 2.19. The van der Waals surface area contributed by atoms with Crippen LogP contribution in [0.5, 0.6) is 0 Å². The van der Waals surface area contributed by atoms with Gasteiger partial charge in [0.15, 0.2) is 0 Å². The van der Waals surface area contributed by atoms with Crippen molar-refractivity contribution in [2.45, 2.75) is 19.4 Å². The maximum atomic E-state index is 11.7. The van der Waals surface area contributed by atoms with Gasteiger partial charge in [-0.05, 0) is 12.0 Å². The summed E-state index contributed by atoms with van der Waals surface area (Å²) in [6.07, 6.45) is 0.480. The molecule has 0 radical (unpaired) electrons. The molecule has 0 amide bonds. The molecule has 0 saturated carbocycles. The van der Waals surface area contributed by atoms with E-state index in [0.29, 0.717) is 6.42 Å². The Kier molecular flexibility index (Phi) is 5.88. The molecule has 0 saturated heterocycles. The van der Waals surface area contributed by atoms with E-state index >= 15 is 0 Å². The molecule has 1 aromatic rings. The maximum absolute atomic E-state index is 11.7. The minimum absolute atomic E-state index is 0.160. The highest BCUT2D eigenvalue weighted by molar-refractivity contribution is 8.13. The lowest BCUT2D eigenvalue weighted by molar-refractivity contribution is -0.140. The molecule has 0 aliphatic rings. The predicted octanol–water partition coefficient (Wildman–Crippen LogP) is 1.54. The first-order valence-electron chi connectivity index (χ1n) is 5.69. The number of carboxylic acid groups (broad SMARTS) is 1. The molecule has 1 aromatic carbocycles. The Labute approximate surface area is 111 Å². The lowest BCUT2D eigenvalue weighted by atomic mass is 10.1. The van der Waals surface area contributed by atoms with Crippen molar-refractivity contribution in [3.63, 3.8) is 0 Å². The van der Waals surface area contributed by atoms with Gasteiger partial charge in [-0.3, -0.25) is 9.59 Å². The fraction of sp³-hybridized carbons (Fsp3) is 0.385. The molecule has 18 heavy (non-hydrogen) atoms. The van der Waals surface area contributed by atoms with E-state index in [1.165, 1.54) is 0 Å². The van der Waals surface area contributed by atoms with Gasteiger partial charge in [-0.25, -0.2) is 0 Å². The number of carbonyl (C=O) groups is 2. The lowest BCUT2D eigenvalue weighted by Crippen LogP contribution is -2.31. The minimum Gasteiger partial charge on any atom is -0.481 e. The van der Waals surface area contributed by atoms with E-state index in [1.807, 2.05) is 30.3 Å². The molecule has 4 nitrogen and oxygen atoms in total. The van der Waals surface area contributed by atoms with Crippen molar-refractivity contribution >= 4 is 22.8 Å². The van der Waals surface area contributed by atoms with Gasteiger partial charge >= 0.3 is 5.97 Å². The van der Waals surface area contributed by atoms with Crippen LogP contribution in [0.25, 0.3) is 0 Å². The first-order chi connectivity index (χ1) is 8.50. The van der Waals surface area contributed by atoms with Crippen LogP contribution < -0.4 is 5.73 Å². The van der Waals surface area contributed by atoms with Gasteiger partial charge in [0.25, 0.3) is 0 Å². The van der Waals surface area contributed by atoms with Gasteiger partial charge in [-0.15, -0.1) is 0 Å². The molecule has 0 heterocycles. The molecule has 98 valence electrons. The van der Waals surface area contributed by atoms with Crippen LogP contribution in [0.2, 0.25) is 0 Å². The Morgan fingerprint density at radius 1 is 1.33 bits per heavy atom. The Hall–Kier alpha value is -1.33. The van der Waals surface area contributed by atoms with Crippen molar-refractivity contribution in [2.75, 3.05) is 5.75 Å². The zero-order valence-corrected chi connectivity index (χ0v) is 11.0. The smallest absolute Gasteiger partial charge is 0.307 e. The number of rotatable bonds is 6. The van der Waals surface area contributed by atoms with E-state index in [4.69, 9.17) is 10.8 Å². The molecule has 0 aromatic heterocycles. The summed E-state index contributed by atoms with van der Waals surface area (Å²) in [4.78, 5) is 22.3. The number of hydrogen-bond donors (Lipinski definition) is 2. The van der Waals surface area contributed by atoms with Gasteiger partial charge in [0.05, 0.1) is 12.0 Å². The molecule has 5 heteroatoms. The Balaban J connectivity index is 2.40. The van der Waals surface area contributed by atoms with E-state index in [1.54, 1.807) is 6.92 Å². The van der Waals surface area contributed by atoms with Gasteiger partial charge < -0.3 is 10.8 Å². The van der Waals surface area contributed by atoms with E-state index in [0.717, 1.165) is 17.3 Å². The molecule has 0 fully saturated rings. The average molecular weight is 267 g/mol. The molecular formula is C13H17NO3S. The van der Waals surface area contributed by atoms with Crippen LogP contribution in [0.4, 0.5) is 0 Å². The molecule has 0 spiro atoms. The summed E-state index contributed by atoms with van der Waals surface area (Å²) in [5, 5.41) is 8.55. The third-order valence-electron chi connectivity index (χ3n) is 2.50. The number of carbonyl (C=O) groups excluding carboxylic acids is 1. The Bertz CT molecular complexity index is 408. The topological polar surface area (TPSA) is 80.4 Å². The molecule has 0 aliphatic heterocycles.